The van der Waals surface area contributed by atoms with E-state index in [0.29, 0.717) is 13.0 Å². The third kappa shape index (κ3) is 3.62. The van der Waals surface area contributed by atoms with Crippen molar-refractivity contribution in [3.05, 3.63) is 30.1 Å². The van der Waals surface area contributed by atoms with E-state index in [1.807, 2.05) is 31.0 Å². The van der Waals surface area contributed by atoms with E-state index in [2.05, 4.69) is 4.98 Å². The molecular formula is C12H18N2O2. The third-order valence-electron chi connectivity index (χ3n) is 2.53. The zero-order chi connectivity index (χ0) is 12.0. The molecule has 1 N–H and O–H groups in total. The van der Waals surface area contributed by atoms with Gasteiger partial charge in [0.25, 0.3) is 0 Å². The minimum Gasteiger partial charge on any atom is -0.480 e. The van der Waals surface area contributed by atoms with Crippen molar-refractivity contribution in [2.45, 2.75) is 32.4 Å². The number of likely N-dealkylation sites (N-methyl/N-ethyl adjacent to an activating group) is 1. The highest BCUT2D eigenvalue weighted by Gasteiger charge is 2.21. The largest absolute Gasteiger partial charge is 0.480 e. The first kappa shape index (κ1) is 12.6. The third-order valence-corrected chi connectivity index (χ3v) is 2.53. The maximum Gasteiger partial charge on any atom is 0.320 e. The van der Waals surface area contributed by atoms with E-state index >= 15 is 0 Å². The van der Waals surface area contributed by atoms with Gasteiger partial charge in [0.15, 0.2) is 0 Å². The van der Waals surface area contributed by atoms with Crippen LogP contribution in [0.25, 0.3) is 0 Å². The summed E-state index contributed by atoms with van der Waals surface area (Å²) < 4.78 is 0. The SMILES string of the molecule is CCCC(C(=O)O)N(C)Cc1cccnc1. The first-order chi connectivity index (χ1) is 7.65. The van der Waals surface area contributed by atoms with Gasteiger partial charge in [-0.25, -0.2) is 0 Å². The lowest BCUT2D eigenvalue weighted by Crippen LogP contribution is -2.37. The van der Waals surface area contributed by atoms with Crippen molar-refractivity contribution in [2.24, 2.45) is 0 Å². The molecule has 0 amide bonds. The van der Waals surface area contributed by atoms with E-state index in [1.54, 1.807) is 12.4 Å². The standard InChI is InChI=1S/C12H18N2O2/c1-3-5-11(12(15)16)14(2)9-10-6-4-7-13-8-10/h4,6-8,11H,3,5,9H2,1-2H3,(H,15,16). The summed E-state index contributed by atoms with van der Waals surface area (Å²) in [5, 5.41) is 9.10. The fourth-order valence-corrected chi connectivity index (χ4v) is 1.70. The molecule has 4 nitrogen and oxygen atoms in total. The molecule has 1 atom stereocenters. The summed E-state index contributed by atoms with van der Waals surface area (Å²) in [4.78, 5) is 16.9. The Morgan fingerprint density at radius 3 is 2.88 bits per heavy atom. The van der Waals surface area contributed by atoms with Crippen LogP contribution >= 0.6 is 0 Å². The Morgan fingerprint density at radius 2 is 2.38 bits per heavy atom. The zero-order valence-electron chi connectivity index (χ0n) is 9.76. The van der Waals surface area contributed by atoms with Crippen LogP contribution in [0.1, 0.15) is 25.3 Å². The molecule has 1 unspecified atom stereocenters. The van der Waals surface area contributed by atoms with Gasteiger partial charge >= 0.3 is 5.97 Å². The average molecular weight is 222 g/mol. The number of hydrogen-bond acceptors (Lipinski definition) is 3. The smallest absolute Gasteiger partial charge is 0.320 e. The van der Waals surface area contributed by atoms with Crippen LogP contribution in [0, 0.1) is 0 Å². The molecule has 4 heteroatoms. The summed E-state index contributed by atoms with van der Waals surface area (Å²) in [6.45, 7) is 2.61. The predicted molar refractivity (Wildman–Crippen MR) is 62.0 cm³/mol. The molecule has 1 heterocycles. The number of aromatic nitrogens is 1. The van der Waals surface area contributed by atoms with Crippen molar-refractivity contribution in [1.82, 2.24) is 9.88 Å². The van der Waals surface area contributed by atoms with Crippen LogP contribution in [0.2, 0.25) is 0 Å². The maximum absolute atomic E-state index is 11.1. The van der Waals surface area contributed by atoms with Crippen LogP contribution in [0.5, 0.6) is 0 Å². The fourth-order valence-electron chi connectivity index (χ4n) is 1.70. The van der Waals surface area contributed by atoms with Crippen LogP contribution in [-0.2, 0) is 11.3 Å². The molecule has 0 aromatic carbocycles. The van der Waals surface area contributed by atoms with Crippen LogP contribution in [0.4, 0.5) is 0 Å². The van der Waals surface area contributed by atoms with Crippen molar-refractivity contribution in [3.63, 3.8) is 0 Å². The quantitative estimate of drug-likeness (QED) is 0.797. The lowest BCUT2D eigenvalue weighted by atomic mass is 10.1. The highest BCUT2D eigenvalue weighted by Crippen LogP contribution is 2.09. The molecule has 88 valence electrons. The summed E-state index contributed by atoms with van der Waals surface area (Å²) in [7, 11) is 1.83. The normalized spacial score (nSPS) is 12.7. The van der Waals surface area contributed by atoms with E-state index in [9.17, 15) is 4.79 Å². The Hall–Kier alpha value is -1.42. The Morgan fingerprint density at radius 1 is 1.62 bits per heavy atom. The van der Waals surface area contributed by atoms with Gasteiger partial charge in [0, 0.05) is 18.9 Å². The van der Waals surface area contributed by atoms with Gasteiger partial charge in [-0.05, 0) is 25.1 Å². The number of carboxylic acid groups (broad SMARTS) is 1. The molecule has 16 heavy (non-hydrogen) atoms. The van der Waals surface area contributed by atoms with Gasteiger partial charge in [-0.1, -0.05) is 19.4 Å². The van der Waals surface area contributed by atoms with E-state index in [1.165, 1.54) is 0 Å². The molecular weight excluding hydrogens is 204 g/mol. The maximum atomic E-state index is 11.1. The Kier molecular flexibility index (Phi) is 4.92. The average Bonchev–Trinajstić information content (AvgIpc) is 2.26. The molecule has 0 saturated carbocycles. The molecule has 0 aliphatic carbocycles. The van der Waals surface area contributed by atoms with Gasteiger partial charge in [0.1, 0.15) is 6.04 Å². The van der Waals surface area contributed by atoms with Crippen LogP contribution < -0.4 is 0 Å². The predicted octanol–water partition coefficient (Wildman–Crippen LogP) is 1.77. The number of pyridine rings is 1. The van der Waals surface area contributed by atoms with Crippen LogP contribution in [0.15, 0.2) is 24.5 Å². The van der Waals surface area contributed by atoms with Gasteiger partial charge in [-0.3, -0.25) is 14.7 Å². The van der Waals surface area contributed by atoms with Crippen LogP contribution in [0.3, 0.4) is 0 Å². The second kappa shape index (κ2) is 6.23. The Bertz CT molecular complexity index is 327. The molecule has 0 radical (unpaired) electrons. The van der Waals surface area contributed by atoms with Crippen LogP contribution in [-0.4, -0.2) is 34.0 Å². The number of nitrogens with zero attached hydrogens (tertiary/aromatic N) is 2. The highest BCUT2D eigenvalue weighted by molar-refractivity contribution is 5.73. The van der Waals surface area contributed by atoms with E-state index < -0.39 is 12.0 Å². The topological polar surface area (TPSA) is 53.4 Å². The van der Waals surface area contributed by atoms with E-state index in [0.717, 1.165) is 12.0 Å². The first-order valence-corrected chi connectivity index (χ1v) is 5.47. The number of rotatable bonds is 6. The minimum absolute atomic E-state index is 0.412. The number of carboxylic acids is 1. The highest BCUT2D eigenvalue weighted by atomic mass is 16.4. The van der Waals surface area contributed by atoms with Crippen molar-refractivity contribution in [1.29, 1.82) is 0 Å². The molecule has 0 aliphatic rings. The van der Waals surface area contributed by atoms with Crippen molar-refractivity contribution in [3.8, 4) is 0 Å². The molecule has 1 aromatic rings. The van der Waals surface area contributed by atoms with Gasteiger partial charge in [-0.15, -0.1) is 0 Å². The lowest BCUT2D eigenvalue weighted by Gasteiger charge is -2.24. The van der Waals surface area contributed by atoms with Gasteiger partial charge in [0.05, 0.1) is 0 Å². The minimum atomic E-state index is -0.756. The molecule has 1 rings (SSSR count). The van der Waals surface area contributed by atoms with E-state index in [4.69, 9.17) is 5.11 Å². The summed E-state index contributed by atoms with van der Waals surface area (Å²) in [5.41, 5.74) is 1.03. The molecule has 0 spiro atoms. The van der Waals surface area contributed by atoms with Crippen molar-refractivity contribution < 1.29 is 9.90 Å². The second-order valence-corrected chi connectivity index (χ2v) is 3.92. The fraction of sp³-hybridized carbons (Fsp3) is 0.500. The number of carbonyl (C=O) groups is 1. The molecule has 1 aromatic heterocycles. The van der Waals surface area contributed by atoms with Gasteiger partial charge in [-0.2, -0.15) is 0 Å². The van der Waals surface area contributed by atoms with Crippen molar-refractivity contribution in [2.75, 3.05) is 7.05 Å². The summed E-state index contributed by atoms with van der Waals surface area (Å²) >= 11 is 0. The zero-order valence-corrected chi connectivity index (χ0v) is 9.76. The van der Waals surface area contributed by atoms with Gasteiger partial charge in [0.2, 0.25) is 0 Å². The number of aliphatic carboxylic acids is 1. The first-order valence-electron chi connectivity index (χ1n) is 5.47. The molecule has 0 fully saturated rings. The monoisotopic (exact) mass is 222 g/mol. The van der Waals surface area contributed by atoms with Gasteiger partial charge < -0.3 is 5.11 Å². The number of hydrogen-bond donors (Lipinski definition) is 1. The second-order valence-electron chi connectivity index (χ2n) is 3.92. The Labute approximate surface area is 95.9 Å². The van der Waals surface area contributed by atoms with Crippen molar-refractivity contribution >= 4 is 5.97 Å². The summed E-state index contributed by atoms with van der Waals surface area (Å²) in [5.74, 6) is -0.756. The molecule has 0 aliphatic heterocycles. The summed E-state index contributed by atoms with van der Waals surface area (Å²) in [6, 6.07) is 3.40. The van der Waals surface area contributed by atoms with E-state index in [-0.39, 0.29) is 0 Å². The Balaban J connectivity index is 2.62. The summed E-state index contributed by atoms with van der Waals surface area (Å²) in [6.07, 6.45) is 5.02. The molecule has 0 bridgehead atoms. The molecule has 0 saturated heterocycles. The lowest BCUT2D eigenvalue weighted by molar-refractivity contribution is -0.143.